The predicted molar refractivity (Wildman–Crippen MR) is 94.7 cm³/mol. The van der Waals surface area contributed by atoms with Crippen molar-refractivity contribution < 1.29 is 0 Å². The van der Waals surface area contributed by atoms with E-state index in [1.54, 1.807) is 0 Å². The van der Waals surface area contributed by atoms with E-state index in [0.29, 0.717) is 0 Å². The summed E-state index contributed by atoms with van der Waals surface area (Å²) in [7, 11) is 2.21. The molecule has 0 aromatic heterocycles. The molecule has 0 radical (unpaired) electrons. The summed E-state index contributed by atoms with van der Waals surface area (Å²) >= 11 is 0. The Bertz CT molecular complexity index is 244. The van der Waals surface area contributed by atoms with Crippen molar-refractivity contribution in [3.8, 4) is 0 Å². The molecule has 2 rings (SSSR count). The van der Waals surface area contributed by atoms with Crippen LogP contribution >= 0.6 is 0 Å². The van der Waals surface area contributed by atoms with Crippen molar-refractivity contribution in [2.75, 3.05) is 39.8 Å². The van der Waals surface area contributed by atoms with Gasteiger partial charge in [0.2, 0.25) is 0 Å². The lowest BCUT2D eigenvalue weighted by molar-refractivity contribution is 0.128. The zero-order valence-corrected chi connectivity index (χ0v) is 15.6. The van der Waals surface area contributed by atoms with Crippen LogP contribution in [0.2, 0.25) is 0 Å². The van der Waals surface area contributed by atoms with Crippen LogP contribution in [0.5, 0.6) is 0 Å². The van der Waals surface area contributed by atoms with Crippen molar-refractivity contribution in [2.45, 2.75) is 60.3 Å². The van der Waals surface area contributed by atoms with Crippen molar-refractivity contribution in [1.29, 1.82) is 0 Å². The molecule has 2 nitrogen and oxygen atoms in total. The van der Waals surface area contributed by atoms with Crippen LogP contribution in [0.3, 0.4) is 0 Å². The van der Waals surface area contributed by atoms with Crippen LogP contribution in [0.1, 0.15) is 60.3 Å². The lowest BCUT2D eigenvalue weighted by atomic mass is 9.91. The van der Waals surface area contributed by atoms with Gasteiger partial charge in [0.15, 0.2) is 0 Å². The van der Waals surface area contributed by atoms with Gasteiger partial charge in [0.25, 0.3) is 0 Å². The summed E-state index contributed by atoms with van der Waals surface area (Å²) < 4.78 is 0. The molecule has 2 saturated heterocycles. The molecule has 21 heavy (non-hydrogen) atoms. The van der Waals surface area contributed by atoms with Gasteiger partial charge < -0.3 is 9.80 Å². The standard InChI is InChI=1S/C11H23N.C8H17N/c1-9(2)6-12-7-10(3)5-11(4)8-12;1-3-8-4-6-9(2)7-5-8/h9-11H,5-8H2,1-4H3;8H,3-7H2,1-2H3/t10-,11+;. The molecule has 0 aromatic rings. The molecule has 2 fully saturated rings. The van der Waals surface area contributed by atoms with Gasteiger partial charge in [0, 0.05) is 19.6 Å². The molecule has 126 valence electrons. The highest BCUT2D eigenvalue weighted by atomic mass is 15.1. The average Bonchev–Trinajstić information content (AvgIpc) is 2.38. The molecule has 0 unspecified atom stereocenters. The quantitative estimate of drug-likeness (QED) is 0.763. The fraction of sp³-hybridized carbons (Fsp3) is 1.00. The third-order valence-corrected chi connectivity index (χ3v) is 4.98. The Labute approximate surface area is 134 Å². The van der Waals surface area contributed by atoms with Crippen LogP contribution in [0.15, 0.2) is 0 Å². The highest BCUT2D eigenvalue weighted by Gasteiger charge is 2.21. The summed E-state index contributed by atoms with van der Waals surface area (Å²) in [6.45, 7) is 18.2. The highest BCUT2D eigenvalue weighted by molar-refractivity contribution is 4.75. The normalized spacial score (nSPS) is 29.3. The third-order valence-electron chi connectivity index (χ3n) is 4.98. The van der Waals surface area contributed by atoms with Gasteiger partial charge in [-0.15, -0.1) is 0 Å². The van der Waals surface area contributed by atoms with Gasteiger partial charge in [-0.2, -0.15) is 0 Å². The smallest absolute Gasteiger partial charge is 0.000735 e. The summed E-state index contributed by atoms with van der Waals surface area (Å²) in [5.74, 6) is 3.67. The molecular formula is C19H40N2. The number of rotatable bonds is 3. The molecule has 0 N–H and O–H groups in total. The average molecular weight is 297 g/mol. The monoisotopic (exact) mass is 296 g/mol. The van der Waals surface area contributed by atoms with Crippen LogP contribution in [0.25, 0.3) is 0 Å². The van der Waals surface area contributed by atoms with Crippen LogP contribution in [0.4, 0.5) is 0 Å². The van der Waals surface area contributed by atoms with Gasteiger partial charge in [-0.1, -0.05) is 41.0 Å². The molecule has 0 amide bonds. The third kappa shape index (κ3) is 8.21. The largest absolute Gasteiger partial charge is 0.306 e. The molecule has 0 aromatic carbocycles. The summed E-state index contributed by atoms with van der Waals surface area (Å²) in [6, 6.07) is 0. The van der Waals surface area contributed by atoms with Gasteiger partial charge in [-0.3, -0.25) is 0 Å². The SMILES string of the molecule is CC(C)CN1C[C@H](C)C[C@H](C)C1.CCC1CCN(C)CC1. The first kappa shape index (κ1) is 19.0. The topological polar surface area (TPSA) is 6.48 Å². The molecule has 2 heteroatoms. The Morgan fingerprint density at radius 1 is 1.00 bits per heavy atom. The second-order valence-electron chi connectivity index (χ2n) is 8.21. The Hall–Kier alpha value is -0.0800. The minimum Gasteiger partial charge on any atom is -0.306 e. The van der Waals surface area contributed by atoms with Gasteiger partial charge in [-0.25, -0.2) is 0 Å². The lowest BCUT2D eigenvalue weighted by Crippen LogP contribution is -2.40. The van der Waals surface area contributed by atoms with Crippen molar-refractivity contribution in [2.24, 2.45) is 23.7 Å². The first-order chi connectivity index (χ1) is 9.90. The Balaban J connectivity index is 0.000000219. The van der Waals surface area contributed by atoms with Gasteiger partial charge in [0.05, 0.1) is 0 Å². The zero-order chi connectivity index (χ0) is 15.8. The van der Waals surface area contributed by atoms with Crippen LogP contribution in [0, 0.1) is 23.7 Å². The molecule has 2 aliphatic heterocycles. The minimum atomic E-state index is 0.822. The first-order valence-electron chi connectivity index (χ1n) is 9.31. The second kappa shape index (κ2) is 9.84. The number of piperidine rings is 2. The molecule has 2 heterocycles. The van der Waals surface area contributed by atoms with Crippen LogP contribution in [-0.2, 0) is 0 Å². The lowest BCUT2D eigenvalue weighted by Gasteiger charge is -2.35. The van der Waals surface area contributed by atoms with E-state index >= 15 is 0 Å². The number of likely N-dealkylation sites (tertiary alicyclic amines) is 2. The van der Waals surface area contributed by atoms with Gasteiger partial charge in [0.1, 0.15) is 0 Å². The summed E-state index contributed by atoms with van der Waals surface area (Å²) in [5, 5.41) is 0. The number of hydrogen-bond donors (Lipinski definition) is 0. The molecule has 2 aliphatic rings. The van der Waals surface area contributed by atoms with E-state index in [1.807, 2.05) is 0 Å². The first-order valence-corrected chi connectivity index (χ1v) is 9.31. The van der Waals surface area contributed by atoms with Crippen molar-refractivity contribution in [3.05, 3.63) is 0 Å². The van der Waals surface area contributed by atoms with Gasteiger partial charge in [-0.05, 0) is 63.1 Å². The minimum absolute atomic E-state index is 0.822. The molecule has 2 atom stereocenters. The maximum Gasteiger partial charge on any atom is 0.000735 e. The predicted octanol–water partition coefficient (Wildman–Crippen LogP) is 4.36. The van der Waals surface area contributed by atoms with E-state index in [-0.39, 0.29) is 0 Å². The Morgan fingerprint density at radius 3 is 1.95 bits per heavy atom. The molecule has 0 bridgehead atoms. The van der Waals surface area contributed by atoms with E-state index < -0.39 is 0 Å². The van der Waals surface area contributed by atoms with Gasteiger partial charge >= 0.3 is 0 Å². The van der Waals surface area contributed by atoms with Crippen LogP contribution < -0.4 is 0 Å². The molecule has 0 aliphatic carbocycles. The van der Waals surface area contributed by atoms with E-state index in [2.05, 4.69) is 51.5 Å². The van der Waals surface area contributed by atoms with E-state index in [9.17, 15) is 0 Å². The van der Waals surface area contributed by atoms with E-state index in [1.165, 1.54) is 58.4 Å². The van der Waals surface area contributed by atoms with Crippen molar-refractivity contribution in [1.82, 2.24) is 9.80 Å². The highest BCUT2D eigenvalue weighted by Crippen LogP contribution is 2.21. The van der Waals surface area contributed by atoms with Crippen molar-refractivity contribution in [3.63, 3.8) is 0 Å². The van der Waals surface area contributed by atoms with E-state index in [0.717, 1.165) is 23.7 Å². The maximum atomic E-state index is 2.63. The second-order valence-corrected chi connectivity index (χ2v) is 8.21. The Morgan fingerprint density at radius 2 is 1.52 bits per heavy atom. The molecular weight excluding hydrogens is 256 g/mol. The summed E-state index contributed by atoms with van der Waals surface area (Å²) in [4.78, 5) is 5.05. The maximum absolute atomic E-state index is 2.63. The summed E-state index contributed by atoms with van der Waals surface area (Å²) in [5.41, 5.74) is 0. The number of hydrogen-bond acceptors (Lipinski definition) is 2. The fourth-order valence-corrected chi connectivity index (χ4v) is 3.93. The zero-order valence-electron chi connectivity index (χ0n) is 15.6. The molecule has 0 saturated carbocycles. The Kier molecular flexibility index (Phi) is 8.89. The fourth-order valence-electron chi connectivity index (χ4n) is 3.93. The number of nitrogens with zero attached hydrogens (tertiary/aromatic N) is 2. The molecule has 0 spiro atoms. The summed E-state index contributed by atoms with van der Waals surface area (Å²) in [6.07, 6.45) is 5.66. The van der Waals surface area contributed by atoms with Crippen molar-refractivity contribution >= 4 is 0 Å². The van der Waals surface area contributed by atoms with Crippen LogP contribution in [-0.4, -0.2) is 49.6 Å². The van der Waals surface area contributed by atoms with E-state index in [4.69, 9.17) is 0 Å².